The van der Waals surface area contributed by atoms with Crippen molar-refractivity contribution in [3.63, 3.8) is 0 Å². The molecule has 0 radical (unpaired) electrons. The van der Waals surface area contributed by atoms with E-state index < -0.39 is 55.1 Å². The molecule has 0 aliphatic heterocycles. The quantitative estimate of drug-likeness (QED) is 0.450. The van der Waals surface area contributed by atoms with Gasteiger partial charge in [-0.05, 0) is 24.6 Å². The molecule has 0 aliphatic carbocycles. The summed E-state index contributed by atoms with van der Waals surface area (Å²) in [5.41, 5.74) is 4.99. The normalized spacial score (nSPS) is 12.0. The number of carbonyl (C=O) groups is 1. The maximum absolute atomic E-state index is 12.3. The third-order valence-corrected chi connectivity index (χ3v) is 2.60. The summed E-state index contributed by atoms with van der Waals surface area (Å²) in [7, 11) is 0. The van der Waals surface area contributed by atoms with Crippen LogP contribution in [0.25, 0.3) is 0 Å². The van der Waals surface area contributed by atoms with E-state index in [2.05, 4.69) is 14.2 Å². The Bertz CT molecular complexity index is 561. The molecular formula is C14H15F6NO4. The van der Waals surface area contributed by atoms with Crippen LogP contribution < -0.4 is 15.2 Å². The number of halogens is 6. The number of ether oxygens (including phenoxy) is 3. The Kier molecular flexibility index (Phi) is 6.77. The Morgan fingerprint density at radius 3 is 1.80 bits per heavy atom. The lowest BCUT2D eigenvalue weighted by atomic mass is 10.1. The SMILES string of the molecule is CCOC(=O)Cc1cc(OCC(F)(F)F)c(N)c(OCC(F)(F)F)c1. The molecule has 0 saturated heterocycles. The van der Waals surface area contributed by atoms with E-state index in [9.17, 15) is 31.1 Å². The molecule has 25 heavy (non-hydrogen) atoms. The topological polar surface area (TPSA) is 70.8 Å². The van der Waals surface area contributed by atoms with Gasteiger partial charge in [0, 0.05) is 0 Å². The van der Waals surface area contributed by atoms with Crippen molar-refractivity contribution in [3.05, 3.63) is 17.7 Å². The van der Waals surface area contributed by atoms with Crippen LogP contribution in [0.2, 0.25) is 0 Å². The molecule has 0 atom stereocenters. The van der Waals surface area contributed by atoms with Crippen LogP contribution in [0, 0.1) is 0 Å². The first-order valence-electron chi connectivity index (χ1n) is 6.88. The Balaban J connectivity index is 3.09. The zero-order valence-electron chi connectivity index (χ0n) is 13.0. The van der Waals surface area contributed by atoms with E-state index in [1.807, 2.05) is 0 Å². The average Bonchev–Trinajstić information content (AvgIpc) is 2.44. The molecule has 0 unspecified atom stereocenters. The summed E-state index contributed by atoms with van der Waals surface area (Å²) in [5, 5.41) is 0. The molecule has 142 valence electrons. The summed E-state index contributed by atoms with van der Waals surface area (Å²) in [6.07, 6.45) is -9.77. The molecule has 1 aromatic carbocycles. The predicted molar refractivity (Wildman–Crippen MR) is 74.3 cm³/mol. The Labute approximate surface area is 138 Å². The van der Waals surface area contributed by atoms with Gasteiger partial charge in [-0.15, -0.1) is 0 Å². The zero-order valence-corrected chi connectivity index (χ0v) is 13.0. The second-order valence-corrected chi connectivity index (χ2v) is 4.80. The number of rotatable bonds is 7. The summed E-state index contributed by atoms with van der Waals surface area (Å²) in [5.74, 6) is -1.82. The van der Waals surface area contributed by atoms with Crippen LogP contribution in [-0.4, -0.2) is 38.1 Å². The van der Waals surface area contributed by atoms with E-state index in [0.717, 1.165) is 12.1 Å². The smallest absolute Gasteiger partial charge is 0.422 e. The highest BCUT2D eigenvalue weighted by Crippen LogP contribution is 2.35. The number of anilines is 1. The molecule has 1 aromatic rings. The fraction of sp³-hybridized carbons (Fsp3) is 0.500. The van der Waals surface area contributed by atoms with Crippen LogP contribution in [0.4, 0.5) is 32.0 Å². The van der Waals surface area contributed by atoms with E-state index in [-0.39, 0.29) is 12.2 Å². The molecule has 11 heteroatoms. The highest BCUT2D eigenvalue weighted by molar-refractivity contribution is 5.74. The van der Waals surface area contributed by atoms with Gasteiger partial charge in [0.05, 0.1) is 13.0 Å². The number of carbonyl (C=O) groups excluding carboxylic acids is 1. The minimum absolute atomic E-state index is 0.0296. The molecule has 2 N–H and O–H groups in total. The van der Waals surface area contributed by atoms with Crippen molar-refractivity contribution in [1.82, 2.24) is 0 Å². The molecule has 0 fully saturated rings. The van der Waals surface area contributed by atoms with E-state index in [1.165, 1.54) is 6.92 Å². The summed E-state index contributed by atoms with van der Waals surface area (Å²) in [4.78, 5) is 11.5. The van der Waals surface area contributed by atoms with Crippen LogP contribution in [0.5, 0.6) is 11.5 Å². The molecule has 0 aromatic heterocycles. The lowest BCUT2D eigenvalue weighted by Crippen LogP contribution is -2.21. The standard InChI is InChI=1S/C14H15F6NO4/c1-2-23-11(22)5-8-3-9(24-6-13(15,16)17)12(21)10(4-8)25-7-14(18,19)20/h3-4H,2,5-7,21H2,1H3. The van der Waals surface area contributed by atoms with Crippen LogP contribution in [0.15, 0.2) is 12.1 Å². The van der Waals surface area contributed by atoms with Crippen molar-refractivity contribution in [1.29, 1.82) is 0 Å². The first-order valence-corrected chi connectivity index (χ1v) is 6.88. The van der Waals surface area contributed by atoms with Gasteiger partial charge < -0.3 is 19.9 Å². The number of esters is 1. The third-order valence-electron chi connectivity index (χ3n) is 2.60. The maximum atomic E-state index is 12.3. The van der Waals surface area contributed by atoms with E-state index in [0.29, 0.717) is 0 Å². The lowest BCUT2D eigenvalue weighted by Gasteiger charge is -2.17. The van der Waals surface area contributed by atoms with Crippen molar-refractivity contribution in [2.75, 3.05) is 25.6 Å². The third kappa shape index (κ3) is 7.86. The van der Waals surface area contributed by atoms with E-state index in [4.69, 9.17) is 5.73 Å². The van der Waals surface area contributed by atoms with Crippen molar-refractivity contribution < 1.29 is 45.3 Å². The zero-order chi connectivity index (χ0) is 19.3. The fourth-order valence-electron chi connectivity index (χ4n) is 1.69. The number of hydrogen-bond donors (Lipinski definition) is 1. The van der Waals surface area contributed by atoms with Gasteiger partial charge in [0.1, 0.15) is 17.2 Å². The van der Waals surface area contributed by atoms with Crippen molar-refractivity contribution in [3.8, 4) is 11.5 Å². The van der Waals surface area contributed by atoms with Crippen LogP contribution >= 0.6 is 0 Å². The number of alkyl halides is 6. The minimum Gasteiger partial charge on any atom is -0.482 e. The van der Waals surface area contributed by atoms with Crippen molar-refractivity contribution in [2.45, 2.75) is 25.7 Å². The van der Waals surface area contributed by atoms with Gasteiger partial charge in [-0.25, -0.2) is 0 Å². The summed E-state index contributed by atoms with van der Waals surface area (Å²) < 4.78 is 87.3. The highest BCUT2D eigenvalue weighted by atomic mass is 19.4. The molecular weight excluding hydrogens is 360 g/mol. The van der Waals surface area contributed by atoms with E-state index in [1.54, 1.807) is 0 Å². The number of hydrogen-bond acceptors (Lipinski definition) is 5. The largest absolute Gasteiger partial charge is 0.482 e. The number of nitrogens with two attached hydrogens (primary N) is 1. The molecule has 0 spiro atoms. The lowest BCUT2D eigenvalue weighted by molar-refractivity contribution is -0.153. The van der Waals surface area contributed by atoms with Crippen LogP contribution in [-0.2, 0) is 16.0 Å². The van der Waals surface area contributed by atoms with Crippen molar-refractivity contribution >= 4 is 11.7 Å². The summed E-state index contributed by atoms with van der Waals surface area (Å²) >= 11 is 0. The molecule has 0 amide bonds. The first kappa shape index (κ1) is 20.7. The van der Waals surface area contributed by atoms with Gasteiger partial charge in [-0.2, -0.15) is 26.3 Å². The van der Waals surface area contributed by atoms with Gasteiger partial charge in [-0.1, -0.05) is 0 Å². The molecule has 5 nitrogen and oxygen atoms in total. The molecule has 0 saturated carbocycles. The maximum Gasteiger partial charge on any atom is 0.422 e. The predicted octanol–water partition coefficient (Wildman–Crippen LogP) is 3.26. The Hall–Kier alpha value is -2.33. The molecule has 0 aliphatic rings. The second kappa shape index (κ2) is 8.17. The van der Waals surface area contributed by atoms with Gasteiger partial charge in [0.2, 0.25) is 0 Å². The monoisotopic (exact) mass is 375 g/mol. The summed E-state index contributed by atoms with van der Waals surface area (Å²) in [6, 6.07) is 2.02. The Morgan fingerprint density at radius 1 is 1.00 bits per heavy atom. The van der Waals surface area contributed by atoms with Gasteiger partial charge in [0.15, 0.2) is 13.2 Å². The molecule has 0 heterocycles. The summed E-state index contributed by atoms with van der Waals surface area (Å²) in [6.45, 7) is -1.82. The first-order chi connectivity index (χ1) is 11.4. The van der Waals surface area contributed by atoms with Crippen LogP contribution in [0.1, 0.15) is 12.5 Å². The van der Waals surface area contributed by atoms with E-state index >= 15 is 0 Å². The molecule has 0 bridgehead atoms. The second-order valence-electron chi connectivity index (χ2n) is 4.80. The Morgan fingerprint density at radius 2 is 1.44 bits per heavy atom. The minimum atomic E-state index is -4.68. The van der Waals surface area contributed by atoms with Crippen molar-refractivity contribution in [2.24, 2.45) is 0 Å². The number of benzene rings is 1. The number of nitrogen functional groups attached to an aromatic ring is 1. The van der Waals surface area contributed by atoms with Crippen LogP contribution in [0.3, 0.4) is 0 Å². The van der Waals surface area contributed by atoms with Gasteiger partial charge in [-0.3, -0.25) is 4.79 Å². The highest BCUT2D eigenvalue weighted by Gasteiger charge is 2.31. The molecule has 1 rings (SSSR count). The fourth-order valence-corrected chi connectivity index (χ4v) is 1.69. The van der Waals surface area contributed by atoms with Gasteiger partial charge >= 0.3 is 18.3 Å². The average molecular weight is 375 g/mol. The van der Waals surface area contributed by atoms with Gasteiger partial charge in [0.25, 0.3) is 0 Å².